The van der Waals surface area contributed by atoms with Crippen molar-refractivity contribution in [3.63, 3.8) is 0 Å². The third-order valence-electron chi connectivity index (χ3n) is 4.75. The van der Waals surface area contributed by atoms with E-state index in [1.807, 2.05) is 0 Å². The fourth-order valence-corrected chi connectivity index (χ4v) is 3.24. The molecule has 2 heterocycles. The van der Waals surface area contributed by atoms with E-state index in [4.69, 9.17) is 14.2 Å². The van der Waals surface area contributed by atoms with Gasteiger partial charge in [0.15, 0.2) is 0 Å². The Kier molecular flexibility index (Phi) is 6.45. The fraction of sp³-hybridized carbons (Fsp3) is 0.136. The standard InChI is InChI=1S/C22H19N3O5.BrH/c1-25-15-6-5-11-23-21(15)30-16-10-9-13(12-14(16)22(25)27)24-20(26)19-17(28-2)7-4-8-18(19)29-3;/h4-12H,1-3H3,(H,24,26);1H. The average molecular weight is 486 g/mol. The van der Waals surface area contributed by atoms with Crippen molar-refractivity contribution in [2.45, 2.75) is 0 Å². The molecule has 1 aromatic heterocycles. The highest BCUT2D eigenvalue weighted by Crippen LogP contribution is 2.37. The third kappa shape index (κ3) is 4.04. The summed E-state index contributed by atoms with van der Waals surface area (Å²) in [7, 11) is 4.60. The molecule has 31 heavy (non-hydrogen) atoms. The number of aromatic nitrogens is 1. The van der Waals surface area contributed by atoms with E-state index < -0.39 is 5.91 Å². The number of nitrogens with one attached hydrogen (secondary N) is 1. The van der Waals surface area contributed by atoms with Crippen molar-refractivity contribution < 1.29 is 23.8 Å². The number of hydrogen-bond donors (Lipinski definition) is 1. The van der Waals surface area contributed by atoms with Gasteiger partial charge in [-0.3, -0.25) is 9.59 Å². The molecule has 1 N–H and O–H groups in total. The maximum Gasteiger partial charge on any atom is 0.263 e. The van der Waals surface area contributed by atoms with Gasteiger partial charge in [0.05, 0.1) is 19.8 Å². The summed E-state index contributed by atoms with van der Waals surface area (Å²) in [5, 5.41) is 2.79. The van der Waals surface area contributed by atoms with Gasteiger partial charge in [0.25, 0.3) is 11.8 Å². The lowest BCUT2D eigenvalue weighted by Crippen LogP contribution is -2.25. The fourth-order valence-electron chi connectivity index (χ4n) is 3.24. The second-order valence-electron chi connectivity index (χ2n) is 6.50. The molecular formula is C22H20BrN3O5. The molecule has 0 spiro atoms. The van der Waals surface area contributed by atoms with Crippen LogP contribution in [0.15, 0.2) is 54.7 Å². The van der Waals surface area contributed by atoms with Crippen molar-refractivity contribution in [3.8, 4) is 23.1 Å². The normalized spacial score (nSPS) is 11.8. The van der Waals surface area contributed by atoms with Gasteiger partial charge in [-0.25, -0.2) is 4.98 Å². The molecule has 160 valence electrons. The first-order valence-electron chi connectivity index (χ1n) is 9.10. The molecule has 3 aromatic rings. The van der Waals surface area contributed by atoms with Crippen LogP contribution in [0, 0.1) is 0 Å². The third-order valence-corrected chi connectivity index (χ3v) is 4.75. The van der Waals surface area contributed by atoms with Gasteiger partial charge in [-0.2, -0.15) is 0 Å². The number of carbonyl (C=O) groups excluding carboxylic acids is 2. The van der Waals surface area contributed by atoms with Crippen LogP contribution in [0.1, 0.15) is 20.7 Å². The number of anilines is 2. The largest absolute Gasteiger partial charge is 0.496 e. The van der Waals surface area contributed by atoms with Crippen LogP contribution in [0.2, 0.25) is 0 Å². The number of fused-ring (bicyclic) bond motifs is 2. The zero-order valence-electron chi connectivity index (χ0n) is 17.0. The van der Waals surface area contributed by atoms with E-state index in [2.05, 4.69) is 10.3 Å². The highest BCUT2D eigenvalue weighted by atomic mass is 79.9. The molecule has 0 saturated carbocycles. The lowest BCUT2D eigenvalue weighted by atomic mass is 10.1. The van der Waals surface area contributed by atoms with Crippen LogP contribution in [-0.2, 0) is 0 Å². The molecule has 0 fully saturated rings. The second-order valence-corrected chi connectivity index (χ2v) is 6.50. The lowest BCUT2D eigenvalue weighted by Gasteiger charge is -2.15. The summed E-state index contributed by atoms with van der Waals surface area (Å²) in [6.45, 7) is 0. The van der Waals surface area contributed by atoms with Crippen LogP contribution in [0.4, 0.5) is 11.4 Å². The Morgan fingerprint density at radius 2 is 1.77 bits per heavy atom. The maximum atomic E-state index is 13.0. The molecular weight excluding hydrogens is 466 g/mol. The molecule has 4 rings (SSSR count). The van der Waals surface area contributed by atoms with Crippen molar-refractivity contribution in [3.05, 3.63) is 65.9 Å². The molecule has 0 aliphatic carbocycles. The molecule has 0 unspecified atom stereocenters. The van der Waals surface area contributed by atoms with Crippen LogP contribution in [-0.4, -0.2) is 38.1 Å². The smallest absolute Gasteiger partial charge is 0.263 e. The van der Waals surface area contributed by atoms with Crippen molar-refractivity contribution in [1.29, 1.82) is 0 Å². The number of nitrogens with zero attached hydrogens (tertiary/aromatic N) is 2. The first-order chi connectivity index (χ1) is 14.5. The van der Waals surface area contributed by atoms with E-state index in [-0.39, 0.29) is 28.5 Å². The minimum Gasteiger partial charge on any atom is -0.496 e. The topological polar surface area (TPSA) is 90.0 Å². The number of ether oxygens (including phenoxy) is 3. The number of carbonyl (C=O) groups is 2. The summed E-state index contributed by atoms with van der Waals surface area (Å²) in [4.78, 5) is 31.6. The average Bonchev–Trinajstić information content (AvgIpc) is 2.88. The first kappa shape index (κ1) is 22.1. The van der Waals surface area contributed by atoms with Crippen molar-refractivity contribution in [2.75, 3.05) is 31.5 Å². The zero-order chi connectivity index (χ0) is 21.3. The van der Waals surface area contributed by atoms with Gasteiger partial charge < -0.3 is 24.4 Å². The molecule has 0 radical (unpaired) electrons. The van der Waals surface area contributed by atoms with Gasteiger partial charge in [-0.1, -0.05) is 6.07 Å². The van der Waals surface area contributed by atoms with Crippen LogP contribution >= 0.6 is 17.0 Å². The van der Waals surface area contributed by atoms with Crippen LogP contribution in [0.3, 0.4) is 0 Å². The Bertz CT molecular complexity index is 1130. The number of pyridine rings is 1. The van der Waals surface area contributed by atoms with E-state index in [9.17, 15) is 9.59 Å². The molecule has 2 aromatic carbocycles. The van der Waals surface area contributed by atoms with E-state index in [1.54, 1.807) is 61.8 Å². The van der Waals surface area contributed by atoms with Gasteiger partial charge >= 0.3 is 0 Å². The van der Waals surface area contributed by atoms with E-state index in [0.717, 1.165) is 0 Å². The summed E-state index contributed by atoms with van der Waals surface area (Å²) < 4.78 is 16.4. The van der Waals surface area contributed by atoms with Gasteiger partial charge in [0.1, 0.15) is 28.5 Å². The number of hydrogen-bond acceptors (Lipinski definition) is 6. The highest BCUT2D eigenvalue weighted by Gasteiger charge is 2.27. The van der Waals surface area contributed by atoms with Crippen molar-refractivity contribution >= 4 is 40.2 Å². The number of rotatable bonds is 4. The van der Waals surface area contributed by atoms with Crippen molar-refractivity contribution in [1.82, 2.24) is 4.98 Å². The summed E-state index contributed by atoms with van der Waals surface area (Å²) in [6.07, 6.45) is 1.59. The number of halogens is 1. The minimum atomic E-state index is -0.426. The van der Waals surface area contributed by atoms with Gasteiger partial charge in [0, 0.05) is 18.9 Å². The second kappa shape index (κ2) is 9.05. The lowest BCUT2D eigenvalue weighted by molar-refractivity contribution is 0.0989. The summed E-state index contributed by atoms with van der Waals surface area (Å²) in [5.41, 5.74) is 1.55. The Balaban J connectivity index is 0.00000272. The predicted molar refractivity (Wildman–Crippen MR) is 121 cm³/mol. The van der Waals surface area contributed by atoms with E-state index in [1.165, 1.54) is 19.1 Å². The zero-order valence-corrected chi connectivity index (χ0v) is 18.8. The molecule has 0 atom stereocenters. The Morgan fingerprint density at radius 3 is 2.45 bits per heavy atom. The molecule has 1 aliphatic heterocycles. The van der Waals surface area contributed by atoms with Gasteiger partial charge in [0.2, 0.25) is 5.88 Å². The molecule has 0 bridgehead atoms. The summed E-state index contributed by atoms with van der Waals surface area (Å²) in [5.74, 6) is 0.747. The van der Waals surface area contributed by atoms with Crippen LogP contribution in [0.5, 0.6) is 23.1 Å². The molecule has 9 heteroatoms. The molecule has 0 saturated heterocycles. The van der Waals surface area contributed by atoms with E-state index in [0.29, 0.717) is 40.1 Å². The van der Waals surface area contributed by atoms with Gasteiger partial charge in [-0.15, -0.1) is 17.0 Å². The number of amides is 2. The SMILES string of the molecule is Br.COc1cccc(OC)c1C(=O)Nc1ccc2c(c1)C(=O)N(C)c1cccnc1O2. The maximum absolute atomic E-state index is 13.0. The molecule has 2 amide bonds. The molecule has 8 nitrogen and oxygen atoms in total. The van der Waals surface area contributed by atoms with E-state index >= 15 is 0 Å². The summed E-state index contributed by atoms with van der Waals surface area (Å²) in [6, 6.07) is 13.4. The van der Waals surface area contributed by atoms with Gasteiger partial charge in [-0.05, 0) is 42.5 Å². The highest BCUT2D eigenvalue weighted by molar-refractivity contribution is 8.93. The quantitative estimate of drug-likeness (QED) is 0.591. The Morgan fingerprint density at radius 1 is 1.06 bits per heavy atom. The Labute approximate surface area is 189 Å². The number of methoxy groups -OCH3 is 2. The number of benzene rings is 2. The van der Waals surface area contributed by atoms with Crippen molar-refractivity contribution in [2.24, 2.45) is 0 Å². The summed E-state index contributed by atoms with van der Waals surface area (Å²) >= 11 is 0. The first-order valence-corrected chi connectivity index (χ1v) is 9.10. The monoisotopic (exact) mass is 485 g/mol. The molecule has 1 aliphatic rings. The Hall–Kier alpha value is -3.59. The van der Waals surface area contributed by atoms with Crippen LogP contribution < -0.4 is 24.4 Å². The minimum absolute atomic E-state index is 0. The van der Waals surface area contributed by atoms with Crippen LogP contribution in [0.25, 0.3) is 0 Å². The predicted octanol–water partition coefficient (Wildman–Crippen LogP) is 4.31.